The highest BCUT2D eigenvalue weighted by molar-refractivity contribution is 6.32. The number of piperazine rings is 3. The molecule has 0 saturated carbocycles. The Balaban J connectivity index is 1.57. The molecule has 3 saturated heterocycles. The molecule has 0 amide bonds. The number of rotatable bonds is 4. The van der Waals surface area contributed by atoms with E-state index in [-0.39, 0.29) is 0 Å². The van der Waals surface area contributed by atoms with Crippen LogP contribution in [0.15, 0.2) is 23.2 Å². The van der Waals surface area contributed by atoms with Crippen LogP contribution in [0.4, 0.5) is 5.69 Å². The van der Waals surface area contributed by atoms with Crippen molar-refractivity contribution < 1.29 is 4.74 Å². The number of methoxy groups -OCH3 is 1. The molecule has 3 N–H and O–H groups in total. The fourth-order valence-corrected chi connectivity index (χ4v) is 3.29. The number of halogens is 1. The number of nitrogens with two attached hydrogens (primary N) is 1. The third-order valence-electron chi connectivity index (χ3n) is 4.29. The highest BCUT2D eigenvalue weighted by Gasteiger charge is 2.31. The van der Waals surface area contributed by atoms with Gasteiger partial charge in [-0.05, 0) is 18.2 Å². The zero-order chi connectivity index (χ0) is 15.5. The molecule has 3 aliphatic rings. The van der Waals surface area contributed by atoms with Gasteiger partial charge in [-0.3, -0.25) is 14.8 Å². The standard InChI is InChI=1S/C15H22ClN5O/c1-22-14-3-2-11(8-13(14)16)19-15(17)18-9-12-10-20-4-6-21(12)7-5-20/h2-3,8,12H,4-7,9-10H2,1H3,(H3,17,18,19). The Morgan fingerprint density at radius 3 is 2.77 bits per heavy atom. The topological polar surface area (TPSA) is 66.1 Å². The van der Waals surface area contributed by atoms with Gasteiger partial charge in [-0.1, -0.05) is 11.6 Å². The Bertz CT molecular complexity index is 557. The predicted molar refractivity (Wildman–Crippen MR) is 89.9 cm³/mol. The third kappa shape index (κ3) is 3.45. The van der Waals surface area contributed by atoms with Crippen molar-refractivity contribution in [2.24, 2.45) is 10.7 Å². The predicted octanol–water partition coefficient (Wildman–Crippen LogP) is 1.07. The van der Waals surface area contributed by atoms with Gasteiger partial charge < -0.3 is 15.8 Å². The van der Waals surface area contributed by atoms with Gasteiger partial charge in [0.15, 0.2) is 5.96 Å². The molecule has 22 heavy (non-hydrogen) atoms. The Hall–Kier alpha value is -1.50. The molecule has 0 aromatic heterocycles. The Kier molecular flexibility index (Phi) is 4.71. The van der Waals surface area contributed by atoms with Crippen molar-refractivity contribution in [1.29, 1.82) is 0 Å². The summed E-state index contributed by atoms with van der Waals surface area (Å²) in [7, 11) is 1.59. The number of nitrogens with zero attached hydrogens (tertiary/aromatic N) is 3. The molecule has 0 radical (unpaired) electrons. The molecule has 120 valence electrons. The van der Waals surface area contributed by atoms with Gasteiger partial charge in [0.05, 0.1) is 18.7 Å². The van der Waals surface area contributed by atoms with Crippen LogP contribution in [0.2, 0.25) is 5.02 Å². The first-order valence-electron chi connectivity index (χ1n) is 7.52. The maximum Gasteiger partial charge on any atom is 0.193 e. The summed E-state index contributed by atoms with van der Waals surface area (Å²) in [4.78, 5) is 9.47. The highest BCUT2D eigenvalue weighted by atomic mass is 35.5. The van der Waals surface area contributed by atoms with Crippen LogP contribution in [0.3, 0.4) is 0 Å². The minimum Gasteiger partial charge on any atom is -0.495 e. The van der Waals surface area contributed by atoms with Crippen LogP contribution in [0.5, 0.6) is 5.75 Å². The Morgan fingerprint density at radius 2 is 2.18 bits per heavy atom. The van der Waals surface area contributed by atoms with E-state index in [0.717, 1.165) is 31.9 Å². The number of hydrogen-bond acceptors (Lipinski definition) is 4. The lowest BCUT2D eigenvalue weighted by atomic mass is 10.1. The number of anilines is 1. The fraction of sp³-hybridized carbons (Fsp3) is 0.533. The lowest BCUT2D eigenvalue weighted by Crippen LogP contribution is -2.61. The fourth-order valence-electron chi connectivity index (χ4n) is 3.03. The molecule has 7 heteroatoms. The smallest absolute Gasteiger partial charge is 0.193 e. The van der Waals surface area contributed by atoms with E-state index in [4.69, 9.17) is 22.1 Å². The largest absolute Gasteiger partial charge is 0.495 e. The second kappa shape index (κ2) is 6.73. The number of benzene rings is 1. The molecule has 4 rings (SSSR count). The first-order chi connectivity index (χ1) is 10.7. The SMILES string of the molecule is COc1ccc(NC(N)=NCC2CN3CCN2CC3)cc1Cl. The van der Waals surface area contributed by atoms with Gasteiger partial charge in [0.25, 0.3) is 0 Å². The van der Waals surface area contributed by atoms with Gasteiger partial charge in [-0.25, -0.2) is 0 Å². The lowest BCUT2D eigenvalue weighted by Gasteiger charge is -2.47. The van der Waals surface area contributed by atoms with Crippen molar-refractivity contribution in [3.8, 4) is 5.75 Å². The maximum absolute atomic E-state index is 6.10. The normalized spacial score (nSPS) is 27.7. The second-order valence-corrected chi connectivity index (χ2v) is 6.10. The van der Waals surface area contributed by atoms with E-state index in [1.807, 2.05) is 6.07 Å². The molecule has 0 spiro atoms. The van der Waals surface area contributed by atoms with Gasteiger partial charge >= 0.3 is 0 Å². The molecule has 3 heterocycles. The quantitative estimate of drug-likeness (QED) is 0.641. The van der Waals surface area contributed by atoms with Crippen LogP contribution in [0.25, 0.3) is 0 Å². The molecule has 6 nitrogen and oxygen atoms in total. The molecule has 1 aromatic carbocycles. The van der Waals surface area contributed by atoms with E-state index in [2.05, 4.69) is 20.1 Å². The summed E-state index contributed by atoms with van der Waals surface area (Å²) in [5, 5.41) is 3.62. The molecule has 1 unspecified atom stereocenters. The molecule has 3 aliphatic heterocycles. The minimum atomic E-state index is 0.416. The maximum atomic E-state index is 6.10. The number of fused-ring (bicyclic) bond motifs is 3. The van der Waals surface area contributed by atoms with Gasteiger partial charge in [0, 0.05) is 44.5 Å². The Morgan fingerprint density at radius 1 is 1.41 bits per heavy atom. The molecule has 0 aliphatic carbocycles. The molecule has 3 fully saturated rings. The number of nitrogens with one attached hydrogen (secondary N) is 1. The van der Waals surface area contributed by atoms with Crippen molar-refractivity contribution >= 4 is 23.2 Å². The summed E-state index contributed by atoms with van der Waals surface area (Å²) < 4.78 is 5.13. The van der Waals surface area contributed by atoms with Gasteiger partial charge in [-0.15, -0.1) is 0 Å². The summed E-state index contributed by atoms with van der Waals surface area (Å²) in [5.74, 6) is 1.06. The average Bonchev–Trinajstić information content (AvgIpc) is 2.54. The van der Waals surface area contributed by atoms with Crippen LogP contribution in [0.1, 0.15) is 0 Å². The van der Waals surface area contributed by atoms with Crippen molar-refractivity contribution in [1.82, 2.24) is 9.80 Å². The van der Waals surface area contributed by atoms with E-state index in [1.165, 1.54) is 13.1 Å². The summed E-state index contributed by atoms with van der Waals surface area (Å²) in [6.45, 7) is 6.45. The van der Waals surface area contributed by atoms with Crippen LogP contribution >= 0.6 is 11.6 Å². The van der Waals surface area contributed by atoms with E-state index >= 15 is 0 Å². The van der Waals surface area contributed by atoms with Gasteiger partial charge in [0.2, 0.25) is 0 Å². The summed E-state index contributed by atoms with van der Waals surface area (Å²) >= 11 is 6.10. The first-order valence-corrected chi connectivity index (χ1v) is 7.90. The molecule has 1 atom stereocenters. The number of aliphatic imine (C=N–C) groups is 1. The number of hydrogen-bond donors (Lipinski definition) is 2. The summed E-state index contributed by atoms with van der Waals surface area (Å²) in [6.07, 6.45) is 0. The lowest BCUT2D eigenvalue weighted by molar-refractivity contribution is 0.0174. The zero-order valence-corrected chi connectivity index (χ0v) is 13.5. The summed E-state index contributed by atoms with van der Waals surface area (Å²) in [5.41, 5.74) is 6.78. The van der Waals surface area contributed by atoms with Crippen molar-refractivity contribution in [3.05, 3.63) is 23.2 Å². The molecular weight excluding hydrogens is 302 g/mol. The Labute approximate surface area is 135 Å². The van der Waals surface area contributed by atoms with Crippen LogP contribution in [0, 0.1) is 0 Å². The summed E-state index contributed by atoms with van der Waals surface area (Å²) in [6, 6.07) is 5.92. The minimum absolute atomic E-state index is 0.416. The van der Waals surface area contributed by atoms with E-state index in [9.17, 15) is 0 Å². The molecule has 2 bridgehead atoms. The van der Waals surface area contributed by atoms with Gasteiger partial charge in [-0.2, -0.15) is 0 Å². The van der Waals surface area contributed by atoms with Crippen molar-refractivity contribution in [3.63, 3.8) is 0 Å². The van der Waals surface area contributed by atoms with Gasteiger partial charge in [0.1, 0.15) is 5.75 Å². The van der Waals surface area contributed by atoms with Crippen molar-refractivity contribution in [2.75, 3.05) is 51.7 Å². The van der Waals surface area contributed by atoms with Crippen LogP contribution in [-0.2, 0) is 0 Å². The monoisotopic (exact) mass is 323 g/mol. The highest BCUT2D eigenvalue weighted by Crippen LogP contribution is 2.27. The number of guanidine groups is 1. The first kappa shape index (κ1) is 15.4. The second-order valence-electron chi connectivity index (χ2n) is 5.69. The van der Waals surface area contributed by atoms with E-state index < -0.39 is 0 Å². The average molecular weight is 324 g/mol. The van der Waals surface area contributed by atoms with E-state index in [0.29, 0.717) is 22.8 Å². The zero-order valence-electron chi connectivity index (χ0n) is 12.8. The third-order valence-corrected chi connectivity index (χ3v) is 4.58. The van der Waals surface area contributed by atoms with Crippen molar-refractivity contribution in [2.45, 2.75) is 6.04 Å². The van der Waals surface area contributed by atoms with Crippen LogP contribution in [-0.4, -0.2) is 68.2 Å². The van der Waals surface area contributed by atoms with E-state index in [1.54, 1.807) is 19.2 Å². The number of ether oxygens (including phenoxy) is 1. The molecular formula is C15H22ClN5O. The molecule has 1 aromatic rings. The van der Waals surface area contributed by atoms with Crippen LogP contribution < -0.4 is 15.8 Å².